The summed E-state index contributed by atoms with van der Waals surface area (Å²) >= 11 is 0. The van der Waals surface area contributed by atoms with Crippen LogP contribution in [0.2, 0.25) is 0 Å². The minimum atomic E-state index is -1.11. The van der Waals surface area contributed by atoms with Crippen LogP contribution < -0.4 is 5.32 Å². The van der Waals surface area contributed by atoms with Crippen molar-refractivity contribution in [3.05, 3.63) is 0 Å². The molecule has 1 unspecified atom stereocenters. The fourth-order valence-electron chi connectivity index (χ4n) is 1.52. The predicted molar refractivity (Wildman–Crippen MR) is 60.3 cm³/mol. The highest BCUT2D eigenvalue weighted by atomic mass is 16.5. The zero-order valence-corrected chi connectivity index (χ0v) is 9.52. The zero-order chi connectivity index (χ0) is 12.7. The molecule has 6 heteroatoms. The summed E-state index contributed by atoms with van der Waals surface area (Å²) in [6.07, 6.45) is 5.03. The van der Waals surface area contributed by atoms with Gasteiger partial charge in [-0.05, 0) is 0 Å². The van der Waals surface area contributed by atoms with Gasteiger partial charge in [-0.1, -0.05) is 0 Å². The zero-order valence-electron chi connectivity index (χ0n) is 9.52. The van der Waals surface area contributed by atoms with Crippen LogP contribution in [-0.4, -0.2) is 60.8 Å². The van der Waals surface area contributed by atoms with Gasteiger partial charge in [-0.25, -0.2) is 4.79 Å². The molecule has 1 aliphatic rings. The molecule has 2 N–H and O–H groups in total. The normalized spacial score (nSPS) is 18.1. The van der Waals surface area contributed by atoms with Crippen LogP contribution in [0.5, 0.6) is 0 Å². The molecule has 6 nitrogen and oxygen atoms in total. The Morgan fingerprint density at radius 2 is 2.12 bits per heavy atom. The van der Waals surface area contributed by atoms with Gasteiger partial charge in [0.15, 0.2) is 0 Å². The highest BCUT2D eigenvalue weighted by Crippen LogP contribution is 1.97. The summed E-state index contributed by atoms with van der Waals surface area (Å²) < 4.78 is 5.15. The second-order valence-electron chi connectivity index (χ2n) is 3.76. The quantitative estimate of drug-likeness (QED) is 0.597. The van der Waals surface area contributed by atoms with Crippen LogP contribution >= 0.6 is 0 Å². The summed E-state index contributed by atoms with van der Waals surface area (Å²) in [4.78, 5) is 24.3. The summed E-state index contributed by atoms with van der Waals surface area (Å²) in [5.41, 5.74) is 0. The smallest absolute Gasteiger partial charge is 0.327 e. The van der Waals surface area contributed by atoms with E-state index in [0.717, 1.165) is 0 Å². The molecular formula is C11H16N2O4. The van der Waals surface area contributed by atoms with Crippen LogP contribution in [0.4, 0.5) is 0 Å². The van der Waals surface area contributed by atoms with E-state index in [1.165, 1.54) is 0 Å². The number of morpholine rings is 1. The Morgan fingerprint density at radius 3 is 2.65 bits per heavy atom. The predicted octanol–water partition coefficient (Wildman–Crippen LogP) is -1.09. The van der Waals surface area contributed by atoms with Crippen LogP contribution in [0.1, 0.15) is 6.42 Å². The summed E-state index contributed by atoms with van der Waals surface area (Å²) in [5, 5.41) is 11.2. The number of hydrogen-bond acceptors (Lipinski definition) is 4. The Balaban J connectivity index is 2.36. The van der Waals surface area contributed by atoms with Crippen LogP contribution in [0.15, 0.2) is 0 Å². The lowest BCUT2D eigenvalue weighted by atomic mass is 10.2. The fraction of sp³-hybridized carbons (Fsp3) is 0.636. The third kappa shape index (κ3) is 4.85. The van der Waals surface area contributed by atoms with Gasteiger partial charge < -0.3 is 15.2 Å². The molecule has 1 saturated heterocycles. The molecule has 17 heavy (non-hydrogen) atoms. The topological polar surface area (TPSA) is 78.9 Å². The minimum Gasteiger partial charge on any atom is -0.480 e. The average molecular weight is 240 g/mol. The molecule has 0 aliphatic carbocycles. The standard InChI is InChI=1S/C11H16N2O4/c1-2-3-9(11(15)16)12-10(14)8-13-4-6-17-7-5-13/h1,9H,3-8H2,(H,12,14)(H,15,16). The molecule has 1 atom stereocenters. The fourth-order valence-corrected chi connectivity index (χ4v) is 1.52. The van der Waals surface area contributed by atoms with Crippen molar-refractivity contribution in [2.75, 3.05) is 32.8 Å². The number of amides is 1. The summed E-state index contributed by atoms with van der Waals surface area (Å²) in [5.74, 6) is 0.792. The SMILES string of the molecule is C#CCC(NC(=O)CN1CCOCC1)C(=O)O. The molecule has 0 aromatic rings. The number of aliphatic carboxylic acids is 1. The van der Waals surface area contributed by atoms with E-state index in [2.05, 4.69) is 11.2 Å². The van der Waals surface area contributed by atoms with Crippen molar-refractivity contribution in [2.45, 2.75) is 12.5 Å². The second kappa shape index (κ2) is 6.89. The van der Waals surface area contributed by atoms with Crippen molar-refractivity contribution in [1.29, 1.82) is 0 Å². The van der Waals surface area contributed by atoms with Crippen LogP contribution in [0.3, 0.4) is 0 Å². The molecule has 0 saturated carbocycles. The average Bonchev–Trinajstić information content (AvgIpc) is 2.29. The van der Waals surface area contributed by atoms with E-state index < -0.39 is 12.0 Å². The lowest BCUT2D eigenvalue weighted by molar-refractivity contribution is -0.142. The summed E-state index contributed by atoms with van der Waals surface area (Å²) in [7, 11) is 0. The van der Waals surface area contributed by atoms with E-state index in [1.807, 2.05) is 4.90 Å². The number of carbonyl (C=O) groups excluding carboxylic acids is 1. The van der Waals surface area contributed by atoms with Crippen molar-refractivity contribution in [1.82, 2.24) is 10.2 Å². The maximum atomic E-state index is 11.6. The molecule has 1 rings (SSSR count). The van der Waals surface area contributed by atoms with Gasteiger partial charge in [-0.15, -0.1) is 12.3 Å². The Kier molecular flexibility index (Phi) is 5.46. The molecule has 0 spiro atoms. The highest BCUT2D eigenvalue weighted by molar-refractivity contribution is 5.84. The lowest BCUT2D eigenvalue weighted by Gasteiger charge is -2.26. The van der Waals surface area contributed by atoms with E-state index >= 15 is 0 Å². The third-order valence-electron chi connectivity index (χ3n) is 2.43. The summed E-state index contributed by atoms with van der Waals surface area (Å²) in [6.45, 7) is 2.73. The highest BCUT2D eigenvalue weighted by Gasteiger charge is 2.20. The lowest BCUT2D eigenvalue weighted by Crippen LogP contribution is -2.47. The number of carboxylic acid groups (broad SMARTS) is 1. The molecule has 0 aromatic heterocycles. The number of carboxylic acids is 1. The van der Waals surface area contributed by atoms with Gasteiger partial charge in [0.2, 0.25) is 5.91 Å². The van der Waals surface area contributed by atoms with E-state index in [0.29, 0.717) is 26.3 Å². The number of rotatable bonds is 5. The number of hydrogen-bond donors (Lipinski definition) is 2. The third-order valence-corrected chi connectivity index (χ3v) is 2.43. The van der Waals surface area contributed by atoms with Crippen molar-refractivity contribution >= 4 is 11.9 Å². The van der Waals surface area contributed by atoms with Crippen molar-refractivity contribution in [2.24, 2.45) is 0 Å². The first-order valence-corrected chi connectivity index (χ1v) is 5.39. The molecule has 1 heterocycles. The molecule has 1 amide bonds. The van der Waals surface area contributed by atoms with Crippen LogP contribution in [0.25, 0.3) is 0 Å². The van der Waals surface area contributed by atoms with E-state index in [-0.39, 0.29) is 18.9 Å². The van der Waals surface area contributed by atoms with Gasteiger partial charge in [0, 0.05) is 19.5 Å². The van der Waals surface area contributed by atoms with Gasteiger partial charge in [0.05, 0.1) is 19.8 Å². The van der Waals surface area contributed by atoms with Gasteiger partial charge in [-0.2, -0.15) is 0 Å². The molecule has 94 valence electrons. The monoisotopic (exact) mass is 240 g/mol. The molecular weight excluding hydrogens is 224 g/mol. The van der Waals surface area contributed by atoms with Crippen LogP contribution in [-0.2, 0) is 14.3 Å². The minimum absolute atomic E-state index is 0.00974. The molecule has 0 aromatic carbocycles. The van der Waals surface area contributed by atoms with E-state index in [4.69, 9.17) is 16.3 Å². The molecule has 1 aliphatic heterocycles. The Hall–Kier alpha value is -1.58. The summed E-state index contributed by atoms with van der Waals surface area (Å²) in [6, 6.07) is -1.01. The van der Waals surface area contributed by atoms with E-state index in [1.54, 1.807) is 0 Å². The Labute approximate surface area is 99.9 Å². The first-order valence-electron chi connectivity index (χ1n) is 5.39. The maximum absolute atomic E-state index is 11.6. The van der Waals surface area contributed by atoms with Crippen molar-refractivity contribution < 1.29 is 19.4 Å². The number of ether oxygens (including phenoxy) is 1. The number of carbonyl (C=O) groups is 2. The van der Waals surface area contributed by atoms with Crippen molar-refractivity contribution in [3.63, 3.8) is 0 Å². The first kappa shape index (κ1) is 13.5. The van der Waals surface area contributed by atoms with Crippen LogP contribution in [0, 0.1) is 12.3 Å². The first-order chi connectivity index (χ1) is 8.13. The Morgan fingerprint density at radius 1 is 1.47 bits per heavy atom. The van der Waals surface area contributed by atoms with E-state index in [9.17, 15) is 9.59 Å². The molecule has 0 bridgehead atoms. The van der Waals surface area contributed by atoms with Crippen molar-refractivity contribution in [3.8, 4) is 12.3 Å². The largest absolute Gasteiger partial charge is 0.480 e. The number of nitrogens with one attached hydrogen (secondary N) is 1. The molecule has 1 fully saturated rings. The van der Waals surface area contributed by atoms with Gasteiger partial charge in [0.25, 0.3) is 0 Å². The van der Waals surface area contributed by atoms with Gasteiger partial charge >= 0.3 is 5.97 Å². The maximum Gasteiger partial charge on any atom is 0.327 e. The Bertz CT molecular complexity index is 318. The number of terminal acetylenes is 1. The number of nitrogens with zero attached hydrogens (tertiary/aromatic N) is 1. The van der Waals surface area contributed by atoms with Gasteiger partial charge in [-0.3, -0.25) is 9.69 Å². The second-order valence-corrected chi connectivity index (χ2v) is 3.76. The van der Waals surface area contributed by atoms with Gasteiger partial charge in [0.1, 0.15) is 6.04 Å². The molecule has 0 radical (unpaired) electrons.